The molecule has 2 N–H and O–H groups in total. The summed E-state index contributed by atoms with van der Waals surface area (Å²) in [6, 6.07) is 12.4. The Morgan fingerprint density at radius 2 is 1.92 bits per heavy atom. The highest BCUT2D eigenvalue weighted by atomic mass is 16.3. The van der Waals surface area contributed by atoms with Crippen molar-refractivity contribution < 1.29 is 5.11 Å². The van der Waals surface area contributed by atoms with E-state index in [-0.39, 0.29) is 6.61 Å². The summed E-state index contributed by atoms with van der Waals surface area (Å²) in [5.41, 5.74) is 1.71. The van der Waals surface area contributed by atoms with Gasteiger partial charge < -0.3 is 15.3 Å². The van der Waals surface area contributed by atoms with Gasteiger partial charge in [-0.2, -0.15) is 5.10 Å². The molecule has 6 nitrogen and oxygen atoms in total. The third-order valence-corrected chi connectivity index (χ3v) is 4.37. The number of rotatable bonds is 4. The van der Waals surface area contributed by atoms with Crippen molar-refractivity contribution in [2.75, 3.05) is 37.7 Å². The zero-order chi connectivity index (χ0) is 16.4. The first kappa shape index (κ1) is 15.1. The lowest BCUT2D eigenvalue weighted by Gasteiger charge is -2.29. The number of fused-ring (bicyclic) bond motifs is 1. The van der Waals surface area contributed by atoms with E-state index in [1.54, 1.807) is 4.68 Å². The van der Waals surface area contributed by atoms with Crippen LogP contribution >= 0.6 is 0 Å². The molecule has 6 heteroatoms. The zero-order valence-electron chi connectivity index (χ0n) is 13.5. The third-order valence-electron chi connectivity index (χ3n) is 4.37. The largest absolute Gasteiger partial charge is 0.394 e. The summed E-state index contributed by atoms with van der Waals surface area (Å²) in [6.45, 7) is 4.45. The minimum atomic E-state index is 0.0816. The Labute approximate surface area is 140 Å². The highest BCUT2D eigenvalue weighted by molar-refractivity contribution is 5.94. The molecule has 1 aliphatic rings. The summed E-state index contributed by atoms with van der Waals surface area (Å²) in [7, 11) is 0. The SMILES string of the molecule is OCCn1ccc(-c2cc3ccccc3c(N3CCNCC3)n2)n1. The van der Waals surface area contributed by atoms with Crippen LogP contribution in [0, 0.1) is 0 Å². The van der Waals surface area contributed by atoms with Crippen LogP contribution in [0.25, 0.3) is 22.2 Å². The van der Waals surface area contributed by atoms with E-state index >= 15 is 0 Å². The normalized spacial score (nSPS) is 15.1. The first-order valence-electron chi connectivity index (χ1n) is 8.35. The van der Waals surface area contributed by atoms with Crippen LogP contribution in [0.2, 0.25) is 0 Å². The molecule has 0 saturated carbocycles. The average molecular weight is 323 g/mol. The van der Waals surface area contributed by atoms with Gasteiger partial charge >= 0.3 is 0 Å². The Balaban J connectivity index is 1.80. The second-order valence-electron chi connectivity index (χ2n) is 5.98. The summed E-state index contributed by atoms with van der Waals surface area (Å²) in [4.78, 5) is 7.27. The molecule has 0 unspecified atom stereocenters. The van der Waals surface area contributed by atoms with Crippen molar-refractivity contribution in [2.45, 2.75) is 6.54 Å². The van der Waals surface area contributed by atoms with Crippen LogP contribution in [0.5, 0.6) is 0 Å². The maximum absolute atomic E-state index is 9.07. The lowest BCUT2D eigenvalue weighted by Crippen LogP contribution is -2.44. The molecule has 1 aliphatic heterocycles. The van der Waals surface area contributed by atoms with Crippen LogP contribution in [0.4, 0.5) is 5.82 Å². The van der Waals surface area contributed by atoms with Gasteiger partial charge in [0.1, 0.15) is 11.5 Å². The Morgan fingerprint density at radius 3 is 2.75 bits per heavy atom. The molecule has 1 fully saturated rings. The topological polar surface area (TPSA) is 66.2 Å². The van der Waals surface area contributed by atoms with Crippen molar-refractivity contribution in [1.82, 2.24) is 20.1 Å². The van der Waals surface area contributed by atoms with Gasteiger partial charge in [-0.15, -0.1) is 0 Å². The van der Waals surface area contributed by atoms with Gasteiger partial charge in [-0.1, -0.05) is 24.3 Å². The highest BCUT2D eigenvalue weighted by Gasteiger charge is 2.17. The number of hydrogen-bond donors (Lipinski definition) is 2. The molecule has 0 atom stereocenters. The fraction of sp³-hybridized carbons (Fsp3) is 0.333. The summed E-state index contributed by atoms with van der Waals surface area (Å²) >= 11 is 0. The molecule has 0 spiro atoms. The van der Waals surface area contributed by atoms with E-state index in [1.807, 2.05) is 12.3 Å². The summed E-state index contributed by atoms with van der Waals surface area (Å²) in [5.74, 6) is 1.03. The lowest BCUT2D eigenvalue weighted by molar-refractivity contribution is 0.269. The van der Waals surface area contributed by atoms with Crippen LogP contribution in [0.3, 0.4) is 0 Å². The molecule has 1 saturated heterocycles. The zero-order valence-corrected chi connectivity index (χ0v) is 13.5. The molecule has 3 heterocycles. The number of benzene rings is 1. The number of aliphatic hydroxyl groups excluding tert-OH is 1. The molecule has 24 heavy (non-hydrogen) atoms. The number of hydrogen-bond acceptors (Lipinski definition) is 5. The number of aliphatic hydroxyl groups is 1. The maximum Gasteiger partial charge on any atom is 0.137 e. The third kappa shape index (κ3) is 2.86. The minimum Gasteiger partial charge on any atom is -0.394 e. The van der Waals surface area contributed by atoms with E-state index in [4.69, 9.17) is 10.1 Å². The molecule has 3 aromatic rings. The van der Waals surface area contributed by atoms with Crippen molar-refractivity contribution in [3.8, 4) is 11.4 Å². The van der Waals surface area contributed by atoms with Gasteiger partial charge in [-0.25, -0.2) is 4.98 Å². The van der Waals surface area contributed by atoms with Crippen molar-refractivity contribution >= 4 is 16.6 Å². The summed E-state index contributed by atoms with van der Waals surface area (Å²) < 4.78 is 1.75. The second kappa shape index (κ2) is 6.59. The van der Waals surface area contributed by atoms with Crippen molar-refractivity contribution in [3.05, 3.63) is 42.6 Å². The monoisotopic (exact) mass is 323 g/mol. The predicted molar refractivity (Wildman–Crippen MR) is 95.1 cm³/mol. The smallest absolute Gasteiger partial charge is 0.137 e. The summed E-state index contributed by atoms with van der Waals surface area (Å²) in [5, 5.41) is 19.3. The van der Waals surface area contributed by atoms with Gasteiger partial charge in [0.2, 0.25) is 0 Å². The van der Waals surface area contributed by atoms with Gasteiger partial charge in [0, 0.05) is 37.8 Å². The van der Waals surface area contributed by atoms with Gasteiger partial charge in [0.15, 0.2) is 0 Å². The van der Waals surface area contributed by atoms with Crippen LogP contribution in [0.15, 0.2) is 42.6 Å². The molecule has 124 valence electrons. The fourth-order valence-corrected chi connectivity index (χ4v) is 3.15. The first-order chi connectivity index (χ1) is 11.8. The highest BCUT2D eigenvalue weighted by Crippen LogP contribution is 2.29. The van der Waals surface area contributed by atoms with Crippen LogP contribution in [-0.2, 0) is 6.54 Å². The van der Waals surface area contributed by atoms with Crippen LogP contribution in [0.1, 0.15) is 0 Å². The summed E-state index contributed by atoms with van der Waals surface area (Å²) in [6.07, 6.45) is 1.88. The maximum atomic E-state index is 9.07. The number of piperazine rings is 1. The molecular formula is C18H21N5O. The van der Waals surface area contributed by atoms with E-state index in [9.17, 15) is 0 Å². The number of nitrogens with one attached hydrogen (secondary N) is 1. The molecular weight excluding hydrogens is 302 g/mol. The molecule has 0 radical (unpaired) electrons. The van der Waals surface area contributed by atoms with Gasteiger partial charge in [-0.05, 0) is 17.5 Å². The van der Waals surface area contributed by atoms with E-state index in [0.717, 1.165) is 43.4 Å². The van der Waals surface area contributed by atoms with Gasteiger partial charge in [0.05, 0.1) is 18.8 Å². The number of pyridine rings is 1. The standard InChI is InChI=1S/C18H21N5O/c24-12-11-23-8-5-16(21-23)17-13-14-3-1-2-4-15(14)18(20-17)22-9-6-19-7-10-22/h1-5,8,13,19,24H,6-7,9-12H2. The number of aromatic nitrogens is 3. The Hall–Kier alpha value is -2.44. The van der Waals surface area contributed by atoms with E-state index < -0.39 is 0 Å². The molecule has 1 aromatic carbocycles. The predicted octanol–water partition coefficient (Wildman–Crippen LogP) is 1.50. The Kier molecular flexibility index (Phi) is 4.15. The molecule has 0 aliphatic carbocycles. The molecule has 0 amide bonds. The van der Waals surface area contributed by atoms with E-state index in [1.165, 1.54) is 10.8 Å². The van der Waals surface area contributed by atoms with Crippen molar-refractivity contribution in [3.63, 3.8) is 0 Å². The van der Waals surface area contributed by atoms with Crippen LogP contribution < -0.4 is 10.2 Å². The molecule has 4 rings (SSSR count). The van der Waals surface area contributed by atoms with Gasteiger partial charge in [0.25, 0.3) is 0 Å². The quantitative estimate of drug-likeness (QED) is 0.762. The lowest BCUT2D eigenvalue weighted by atomic mass is 10.1. The Morgan fingerprint density at radius 1 is 1.08 bits per heavy atom. The number of anilines is 1. The Bertz CT molecular complexity index is 838. The average Bonchev–Trinajstić information content (AvgIpc) is 3.10. The van der Waals surface area contributed by atoms with Gasteiger partial charge in [-0.3, -0.25) is 4.68 Å². The second-order valence-corrected chi connectivity index (χ2v) is 5.98. The fourth-order valence-electron chi connectivity index (χ4n) is 3.15. The van der Waals surface area contributed by atoms with Crippen LogP contribution in [-0.4, -0.2) is 52.7 Å². The molecule has 2 aromatic heterocycles. The van der Waals surface area contributed by atoms with E-state index in [2.05, 4.69) is 45.6 Å². The first-order valence-corrected chi connectivity index (χ1v) is 8.35. The minimum absolute atomic E-state index is 0.0816. The van der Waals surface area contributed by atoms with E-state index in [0.29, 0.717) is 6.54 Å². The van der Waals surface area contributed by atoms with Crippen molar-refractivity contribution in [1.29, 1.82) is 0 Å². The van der Waals surface area contributed by atoms with Crippen molar-refractivity contribution in [2.24, 2.45) is 0 Å². The number of nitrogens with zero attached hydrogens (tertiary/aromatic N) is 4. The molecule has 0 bridgehead atoms.